The molecule has 0 aliphatic rings. The van der Waals surface area contributed by atoms with Crippen molar-refractivity contribution in [3.05, 3.63) is 194 Å². The van der Waals surface area contributed by atoms with E-state index in [1.54, 1.807) is 0 Å². The third kappa shape index (κ3) is 4.32. The Hall–Kier alpha value is -7.36. The summed E-state index contributed by atoms with van der Waals surface area (Å²) in [5, 5.41) is 9.65. The number of hydrogen-bond donors (Lipinski definition) is 0. The van der Waals surface area contributed by atoms with Crippen molar-refractivity contribution in [1.29, 1.82) is 0 Å². The first-order valence-corrected chi connectivity index (χ1v) is 18.9. The van der Waals surface area contributed by atoms with Gasteiger partial charge in [0.15, 0.2) is 5.58 Å². The summed E-state index contributed by atoms with van der Waals surface area (Å²) in [6, 6.07) is 70.1. The minimum atomic E-state index is 0.885. The second-order valence-electron chi connectivity index (χ2n) is 14.4. The standard InChI is InChI=1S/C52H32N2O/c1-2-15-34(16-3-1)37-30-31-47(52-51(37)42-20-8-11-27-48(42)55-52)54-44-24-10-7-19-41(44)50-39(22-13-26-46(50)54)38-21-12-25-45-49(38)40-18-6-9-23-43(40)53(45)36-29-28-33-14-4-5-17-35(33)32-36/h1-32H. The maximum Gasteiger partial charge on any atom is 0.160 e. The predicted octanol–water partition coefficient (Wildman–Crippen LogP) is 14.3. The second kappa shape index (κ2) is 11.6. The molecule has 0 aliphatic carbocycles. The van der Waals surface area contributed by atoms with E-state index in [1.807, 2.05) is 0 Å². The first-order valence-electron chi connectivity index (χ1n) is 18.9. The van der Waals surface area contributed by atoms with Gasteiger partial charge in [-0.05, 0) is 81.6 Å². The summed E-state index contributed by atoms with van der Waals surface area (Å²) in [6.45, 7) is 0. The Morgan fingerprint density at radius 3 is 1.67 bits per heavy atom. The first-order chi connectivity index (χ1) is 27.3. The lowest BCUT2D eigenvalue weighted by atomic mass is 9.95. The minimum Gasteiger partial charge on any atom is -0.454 e. The summed E-state index contributed by atoms with van der Waals surface area (Å²) in [6.07, 6.45) is 0. The molecule has 9 aromatic carbocycles. The lowest BCUT2D eigenvalue weighted by Gasteiger charge is -2.12. The molecular weight excluding hydrogens is 669 g/mol. The molecule has 0 saturated carbocycles. The molecule has 256 valence electrons. The third-order valence-electron chi connectivity index (χ3n) is 11.5. The highest BCUT2D eigenvalue weighted by atomic mass is 16.3. The van der Waals surface area contributed by atoms with Crippen LogP contribution in [-0.4, -0.2) is 9.13 Å². The van der Waals surface area contributed by atoms with Gasteiger partial charge in [-0.3, -0.25) is 0 Å². The monoisotopic (exact) mass is 700 g/mol. The molecule has 0 aliphatic heterocycles. The van der Waals surface area contributed by atoms with E-state index in [0.717, 1.165) is 44.3 Å². The topological polar surface area (TPSA) is 23.0 Å². The number of fused-ring (bicyclic) bond motifs is 10. The smallest absolute Gasteiger partial charge is 0.160 e. The van der Waals surface area contributed by atoms with Gasteiger partial charge < -0.3 is 13.6 Å². The molecule has 0 fully saturated rings. The molecule has 0 N–H and O–H groups in total. The Morgan fingerprint density at radius 2 is 0.927 bits per heavy atom. The van der Waals surface area contributed by atoms with Crippen molar-refractivity contribution in [3.63, 3.8) is 0 Å². The van der Waals surface area contributed by atoms with Crippen molar-refractivity contribution >= 4 is 76.3 Å². The summed E-state index contributed by atoms with van der Waals surface area (Å²) >= 11 is 0. The zero-order valence-corrected chi connectivity index (χ0v) is 29.8. The summed E-state index contributed by atoms with van der Waals surface area (Å²) in [7, 11) is 0. The number of benzene rings is 9. The Morgan fingerprint density at radius 1 is 0.345 bits per heavy atom. The van der Waals surface area contributed by atoms with Gasteiger partial charge in [0, 0.05) is 38.0 Å². The van der Waals surface area contributed by atoms with Crippen molar-refractivity contribution in [2.75, 3.05) is 0 Å². The van der Waals surface area contributed by atoms with Crippen molar-refractivity contribution in [3.8, 4) is 33.6 Å². The quantitative estimate of drug-likeness (QED) is 0.179. The van der Waals surface area contributed by atoms with Crippen LogP contribution in [0.4, 0.5) is 0 Å². The molecule has 3 nitrogen and oxygen atoms in total. The van der Waals surface area contributed by atoms with E-state index in [-0.39, 0.29) is 0 Å². The first kappa shape index (κ1) is 30.1. The summed E-state index contributed by atoms with van der Waals surface area (Å²) in [4.78, 5) is 0. The number of rotatable bonds is 4. The van der Waals surface area contributed by atoms with Gasteiger partial charge >= 0.3 is 0 Å². The highest BCUT2D eigenvalue weighted by Gasteiger charge is 2.23. The fourth-order valence-corrected chi connectivity index (χ4v) is 9.19. The molecular formula is C52H32N2O. The number of hydrogen-bond acceptors (Lipinski definition) is 1. The molecule has 55 heavy (non-hydrogen) atoms. The molecule has 0 bridgehead atoms. The van der Waals surface area contributed by atoms with E-state index in [2.05, 4.69) is 203 Å². The lowest BCUT2D eigenvalue weighted by molar-refractivity contribution is 0.666. The third-order valence-corrected chi connectivity index (χ3v) is 11.5. The van der Waals surface area contributed by atoms with Crippen LogP contribution < -0.4 is 0 Å². The van der Waals surface area contributed by atoms with Gasteiger partial charge in [-0.2, -0.15) is 0 Å². The molecule has 0 spiro atoms. The predicted molar refractivity (Wildman–Crippen MR) is 231 cm³/mol. The summed E-state index contributed by atoms with van der Waals surface area (Å²) < 4.78 is 11.7. The van der Waals surface area contributed by atoms with Crippen LogP contribution in [-0.2, 0) is 0 Å². The molecule has 0 saturated heterocycles. The number of nitrogens with zero attached hydrogens (tertiary/aromatic N) is 2. The van der Waals surface area contributed by atoms with Gasteiger partial charge in [0.2, 0.25) is 0 Å². The molecule has 3 aromatic heterocycles. The van der Waals surface area contributed by atoms with Crippen LogP contribution in [0.3, 0.4) is 0 Å². The van der Waals surface area contributed by atoms with Crippen LogP contribution in [0.1, 0.15) is 0 Å². The Kier molecular flexibility index (Phi) is 6.34. The zero-order valence-electron chi connectivity index (χ0n) is 29.8. The molecule has 12 aromatic rings. The van der Waals surface area contributed by atoms with Crippen molar-refractivity contribution in [2.24, 2.45) is 0 Å². The largest absolute Gasteiger partial charge is 0.454 e. The van der Waals surface area contributed by atoms with E-state index in [0.29, 0.717) is 0 Å². The maximum absolute atomic E-state index is 6.84. The van der Waals surface area contributed by atoms with Crippen LogP contribution in [0.25, 0.3) is 110 Å². The highest BCUT2D eigenvalue weighted by molar-refractivity contribution is 6.23. The Bertz CT molecular complexity index is 3490. The fraction of sp³-hybridized carbons (Fsp3) is 0. The normalized spacial score (nSPS) is 12.0. The lowest BCUT2D eigenvalue weighted by Crippen LogP contribution is -1.95. The van der Waals surface area contributed by atoms with E-state index < -0.39 is 0 Å². The number of aromatic nitrogens is 2. The van der Waals surface area contributed by atoms with Crippen LogP contribution in [0, 0.1) is 0 Å². The summed E-state index contributed by atoms with van der Waals surface area (Å²) in [5.41, 5.74) is 13.4. The van der Waals surface area contributed by atoms with Gasteiger partial charge in [-0.25, -0.2) is 0 Å². The Labute approximate surface area is 316 Å². The van der Waals surface area contributed by atoms with Crippen LogP contribution in [0.5, 0.6) is 0 Å². The molecule has 0 atom stereocenters. The Balaban J connectivity index is 1.16. The molecule has 0 unspecified atom stereocenters. The summed E-state index contributed by atoms with van der Waals surface area (Å²) in [5.74, 6) is 0. The molecule has 12 rings (SSSR count). The number of para-hydroxylation sites is 3. The van der Waals surface area contributed by atoms with Gasteiger partial charge in [-0.15, -0.1) is 0 Å². The highest BCUT2D eigenvalue weighted by Crippen LogP contribution is 2.46. The average Bonchev–Trinajstić information content (AvgIpc) is 3.92. The average molecular weight is 701 g/mol. The zero-order chi connectivity index (χ0) is 36.0. The maximum atomic E-state index is 6.84. The molecule has 3 heterocycles. The second-order valence-corrected chi connectivity index (χ2v) is 14.4. The van der Waals surface area contributed by atoms with Crippen LogP contribution >= 0.6 is 0 Å². The van der Waals surface area contributed by atoms with E-state index in [4.69, 9.17) is 4.42 Å². The SMILES string of the molecule is c1ccc(-c2ccc(-n3c4ccccc4c4c(-c5cccc6c5c5ccccc5n6-c5ccc6ccccc6c5)cccc43)c3oc4ccccc4c23)cc1. The van der Waals surface area contributed by atoms with Crippen molar-refractivity contribution in [2.45, 2.75) is 0 Å². The van der Waals surface area contributed by atoms with Crippen LogP contribution in [0.15, 0.2) is 199 Å². The van der Waals surface area contributed by atoms with E-state index in [1.165, 1.54) is 65.6 Å². The van der Waals surface area contributed by atoms with E-state index >= 15 is 0 Å². The van der Waals surface area contributed by atoms with Crippen LogP contribution in [0.2, 0.25) is 0 Å². The van der Waals surface area contributed by atoms with Gasteiger partial charge in [0.1, 0.15) is 5.58 Å². The molecule has 3 heteroatoms. The van der Waals surface area contributed by atoms with Gasteiger partial charge in [0.25, 0.3) is 0 Å². The minimum absolute atomic E-state index is 0.885. The van der Waals surface area contributed by atoms with Gasteiger partial charge in [-0.1, -0.05) is 146 Å². The van der Waals surface area contributed by atoms with Crippen molar-refractivity contribution in [1.82, 2.24) is 9.13 Å². The molecule has 0 radical (unpaired) electrons. The van der Waals surface area contributed by atoms with E-state index in [9.17, 15) is 0 Å². The van der Waals surface area contributed by atoms with Crippen molar-refractivity contribution < 1.29 is 4.42 Å². The molecule has 0 amide bonds. The number of furan rings is 1. The van der Waals surface area contributed by atoms with Gasteiger partial charge in [0.05, 0.1) is 27.8 Å². The fourth-order valence-electron chi connectivity index (χ4n) is 9.19.